The molecule has 0 unspecified atom stereocenters. The van der Waals surface area contributed by atoms with Crippen molar-refractivity contribution in [1.29, 1.82) is 0 Å². The summed E-state index contributed by atoms with van der Waals surface area (Å²) in [5.74, 6) is 0.467. The number of carbonyl (C=O) groups is 1. The van der Waals surface area contributed by atoms with Gasteiger partial charge in [0.05, 0.1) is 0 Å². The first-order valence-electron chi connectivity index (χ1n) is 6.20. The minimum absolute atomic E-state index is 0.138. The number of carbonyl (C=O) groups excluding carboxylic acids is 1. The summed E-state index contributed by atoms with van der Waals surface area (Å²) >= 11 is 1.76. The van der Waals surface area contributed by atoms with Gasteiger partial charge in [0.15, 0.2) is 0 Å². The first-order chi connectivity index (χ1) is 7.90. The van der Waals surface area contributed by atoms with E-state index in [-0.39, 0.29) is 5.92 Å². The summed E-state index contributed by atoms with van der Waals surface area (Å²) in [4.78, 5) is 16.5. The largest absolute Gasteiger partial charge is 0.299 e. The fraction of sp³-hybridized carbons (Fsp3) is 0.643. The van der Waals surface area contributed by atoms with Crippen LogP contribution in [0.5, 0.6) is 0 Å². The lowest BCUT2D eigenvalue weighted by Crippen LogP contribution is -2.25. The number of thiophene rings is 1. The van der Waals surface area contributed by atoms with E-state index < -0.39 is 0 Å². The lowest BCUT2D eigenvalue weighted by Gasteiger charge is -2.19. The Hall–Kier alpha value is -0.670. The highest BCUT2D eigenvalue weighted by molar-refractivity contribution is 7.12. The maximum atomic E-state index is 11.6. The molecule has 0 aromatic carbocycles. The van der Waals surface area contributed by atoms with Crippen molar-refractivity contribution < 1.29 is 4.79 Å². The van der Waals surface area contributed by atoms with Gasteiger partial charge in [-0.25, -0.2) is 0 Å². The molecule has 0 bridgehead atoms. The van der Waals surface area contributed by atoms with Gasteiger partial charge < -0.3 is 0 Å². The quantitative estimate of drug-likeness (QED) is 0.775. The first-order valence-corrected chi connectivity index (χ1v) is 7.02. The monoisotopic (exact) mass is 253 g/mol. The van der Waals surface area contributed by atoms with Gasteiger partial charge in [-0.15, -0.1) is 11.3 Å². The Labute approximate surface area is 109 Å². The third kappa shape index (κ3) is 4.60. The van der Waals surface area contributed by atoms with Crippen LogP contribution < -0.4 is 0 Å². The summed E-state index contributed by atoms with van der Waals surface area (Å²) < 4.78 is 0. The molecule has 0 amide bonds. The summed E-state index contributed by atoms with van der Waals surface area (Å²) in [5.41, 5.74) is 0. The van der Waals surface area contributed by atoms with Gasteiger partial charge in [-0.05, 0) is 33.0 Å². The molecule has 0 spiro atoms. The van der Waals surface area contributed by atoms with Crippen molar-refractivity contribution in [1.82, 2.24) is 4.90 Å². The van der Waals surface area contributed by atoms with Crippen LogP contribution in [0.3, 0.4) is 0 Å². The van der Waals surface area contributed by atoms with E-state index in [0.717, 1.165) is 6.54 Å². The van der Waals surface area contributed by atoms with E-state index in [2.05, 4.69) is 37.9 Å². The molecule has 0 fully saturated rings. The zero-order valence-electron chi connectivity index (χ0n) is 11.5. The molecule has 0 atom stereocenters. The van der Waals surface area contributed by atoms with Crippen LogP contribution in [-0.4, -0.2) is 23.8 Å². The Bertz CT molecular complexity index is 368. The minimum atomic E-state index is 0.138. The minimum Gasteiger partial charge on any atom is -0.299 e. The first kappa shape index (κ1) is 14.4. The second-order valence-electron chi connectivity index (χ2n) is 5.17. The van der Waals surface area contributed by atoms with Crippen LogP contribution in [0.2, 0.25) is 0 Å². The van der Waals surface area contributed by atoms with Crippen LogP contribution in [0.15, 0.2) is 12.1 Å². The number of hydrogen-bond acceptors (Lipinski definition) is 3. The Balaban J connectivity index is 2.56. The van der Waals surface area contributed by atoms with Gasteiger partial charge in [0, 0.05) is 34.7 Å². The molecule has 0 N–H and O–H groups in total. The summed E-state index contributed by atoms with van der Waals surface area (Å²) in [6.07, 6.45) is 0.591. The van der Waals surface area contributed by atoms with Crippen LogP contribution in [0.25, 0.3) is 0 Å². The van der Waals surface area contributed by atoms with Gasteiger partial charge in [0.2, 0.25) is 0 Å². The van der Waals surface area contributed by atoms with Gasteiger partial charge in [0.1, 0.15) is 5.78 Å². The van der Waals surface area contributed by atoms with Crippen molar-refractivity contribution in [3.05, 3.63) is 21.9 Å². The maximum Gasteiger partial charge on any atom is 0.140 e. The van der Waals surface area contributed by atoms with Crippen LogP contribution in [-0.2, 0) is 17.8 Å². The molecule has 0 saturated heterocycles. The normalized spacial score (nSPS) is 11.8. The molecule has 96 valence electrons. The van der Waals surface area contributed by atoms with Gasteiger partial charge in [-0.1, -0.05) is 13.8 Å². The maximum absolute atomic E-state index is 11.6. The molecular formula is C14H23NOS. The standard InChI is InChI=1S/C14H23NOS/c1-10(2)14(16)8-12-6-7-13(17-12)9-15(5)11(3)4/h6-7,10-11H,8-9H2,1-5H3. The van der Waals surface area contributed by atoms with E-state index in [9.17, 15) is 4.79 Å². The highest BCUT2D eigenvalue weighted by Crippen LogP contribution is 2.20. The highest BCUT2D eigenvalue weighted by atomic mass is 32.1. The fourth-order valence-electron chi connectivity index (χ4n) is 1.41. The summed E-state index contributed by atoms with van der Waals surface area (Å²) in [6, 6.07) is 4.79. The molecule has 2 nitrogen and oxygen atoms in total. The zero-order chi connectivity index (χ0) is 13.0. The van der Waals surface area contributed by atoms with Crippen LogP contribution in [0.4, 0.5) is 0 Å². The van der Waals surface area contributed by atoms with Crippen LogP contribution in [0.1, 0.15) is 37.4 Å². The van der Waals surface area contributed by atoms with Crippen molar-refractivity contribution in [3.8, 4) is 0 Å². The van der Waals surface area contributed by atoms with E-state index in [1.54, 1.807) is 11.3 Å². The Morgan fingerprint density at radius 2 is 1.82 bits per heavy atom. The van der Waals surface area contributed by atoms with Crippen molar-refractivity contribution in [2.24, 2.45) is 5.92 Å². The summed E-state index contributed by atoms with van der Waals surface area (Å²) in [5, 5.41) is 0. The van der Waals surface area contributed by atoms with Crippen molar-refractivity contribution in [2.45, 2.75) is 46.7 Å². The van der Waals surface area contributed by atoms with Crippen molar-refractivity contribution >= 4 is 17.1 Å². The lowest BCUT2D eigenvalue weighted by molar-refractivity contribution is -0.121. The predicted molar refractivity (Wildman–Crippen MR) is 74.5 cm³/mol. The Kier molecular flexibility index (Phi) is 5.34. The zero-order valence-corrected chi connectivity index (χ0v) is 12.3. The predicted octanol–water partition coefficient (Wildman–Crippen LogP) is 3.36. The Morgan fingerprint density at radius 3 is 2.35 bits per heavy atom. The molecule has 0 aliphatic heterocycles. The molecule has 0 aliphatic carbocycles. The van der Waals surface area contributed by atoms with E-state index in [1.165, 1.54) is 9.75 Å². The van der Waals surface area contributed by atoms with E-state index >= 15 is 0 Å². The molecule has 1 aromatic rings. The second kappa shape index (κ2) is 6.31. The molecular weight excluding hydrogens is 230 g/mol. The molecule has 17 heavy (non-hydrogen) atoms. The van der Waals surface area contributed by atoms with Gasteiger partial charge in [-0.3, -0.25) is 9.69 Å². The van der Waals surface area contributed by atoms with Gasteiger partial charge in [-0.2, -0.15) is 0 Å². The van der Waals surface area contributed by atoms with Crippen molar-refractivity contribution in [2.75, 3.05) is 7.05 Å². The molecule has 1 heterocycles. The van der Waals surface area contributed by atoms with E-state index in [4.69, 9.17) is 0 Å². The van der Waals surface area contributed by atoms with E-state index in [0.29, 0.717) is 18.2 Å². The summed E-state index contributed by atoms with van der Waals surface area (Å²) in [7, 11) is 2.13. The molecule has 1 rings (SSSR count). The summed E-state index contributed by atoms with van der Waals surface area (Å²) in [6.45, 7) is 9.28. The molecule has 0 saturated carbocycles. The average molecular weight is 253 g/mol. The number of nitrogens with zero attached hydrogens (tertiary/aromatic N) is 1. The second-order valence-corrected chi connectivity index (χ2v) is 6.43. The Morgan fingerprint density at radius 1 is 1.24 bits per heavy atom. The SMILES string of the molecule is CC(C)C(=O)Cc1ccc(CN(C)C(C)C)s1. The molecule has 0 aliphatic rings. The van der Waals surface area contributed by atoms with Crippen LogP contribution in [0, 0.1) is 5.92 Å². The third-order valence-electron chi connectivity index (χ3n) is 3.00. The molecule has 0 radical (unpaired) electrons. The number of ketones is 1. The van der Waals surface area contributed by atoms with Crippen molar-refractivity contribution in [3.63, 3.8) is 0 Å². The topological polar surface area (TPSA) is 20.3 Å². The average Bonchev–Trinajstić information content (AvgIpc) is 2.65. The van der Waals surface area contributed by atoms with Gasteiger partial charge >= 0.3 is 0 Å². The smallest absolute Gasteiger partial charge is 0.140 e. The fourth-order valence-corrected chi connectivity index (χ4v) is 2.50. The third-order valence-corrected chi connectivity index (χ3v) is 4.07. The van der Waals surface area contributed by atoms with Crippen LogP contribution >= 0.6 is 11.3 Å². The number of Topliss-reactive ketones (excluding diaryl/α,β-unsaturated/α-hetero) is 1. The number of hydrogen-bond donors (Lipinski definition) is 0. The molecule has 1 aromatic heterocycles. The lowest BCUT2D eigenvalue weighted by atomic mass is 10.1. The van der Waals surface area contributed by atoms with Gasteiger partial charge in [0.25, 0.3) is 0 Å². The van der Waals surface area contributed by atoms with E-state index in [1.807, 2.05) is 13.8 Å². The molecule has 3 heteroatoms. The highest BCUT2D eigenvalue weighted by Gasteiger charge is 2.11. The number of rotatable bonds is 6.